The predicted molar refractivity (Wildman–Crippen MR) is 52.9 cm³/mol. The van der Waals surface area contributed by atoms with Gasteiger partial charge >= 0.3 is 0 Å². The Balaban J connectivity index is 3.14. The Hall–Kier alpha value is -1.27. The highest BCUT2D eigenvalue weighted by Crippen LogP contribution is 2.19. The fraction of sp³-hybridized carbons (Fsp3) is 0.333. The van der Waals surface area contributed by atoms with Gasteiger partial charge in [-0.2, -0.15) is 5.26 Å². The molecule has 4 heteroatoms. The maximum Gasteiger partial charge on any atom is 0.149 e. The Morgan fingerprint density at radius 1 is 1.69 bits per heavy atom. The van der Waals surface area contributed by atoms with Gasteiger partial charge in [0, 0.05) is 6.54 Å². The third-order valence-electron chi connectivity index (χ3n) is 1.64. The molecule has 0 fully saturated rings. The summed E-state index contributed by atoms with van der Waals surface area (Å²) >= 11 is 5.80. The van der Waals surface area contributed by atoms with Crippen LogP contribution in [0.25, 0.3) is 0 Å². The molecule has 0 aliphatic rings. The van der Waals surface area contributed by atoms with E-state index in [-0.39, 0.29) is 5.15 Å². The average Bonchev–Trinajstić information content (AvgIpc) is 2.04. The molecule has 1 aromatic rings. The molecule has 1 N–H and O–H groups in total. The number of halogens is 1. The number of nitrogens with zero attached hydrogens (tertiary/aromatic N) is 2. The van der Waals surface area contributed by atoms with E-state index in [0.29, 0.717) is 11.4 Å². The van der Waals surface area contributed by atoms with Gasteiger partial charge in [-0.05, 0) is 25.5 Å². The van der Waals surface area contributed by atoms with E-state index in [0.717, 1.165) is 12.1 Å². The Kier molecular flexibility index (Phi) is 3.10. The monoisotopic (exact) mass is 195 g/mol. The molecule has 0 amide bonds. The summed E-state index contributed by atoms with van der Waals surface area (Å²) < 4.78 is 0. The van der Waals surface area contributed by atoms with Crippen LogP contribution < -0.4 is 5.32 Å². The van der Waals surface area contributed by atoms with Gasteiger partial charge in [0.2, 0.25) is 0 Å². The maximum atomic E-state index is 8.73. The summed E-state index contributed by atoms with van der Waals surface area (Å²) in [5.74, 6) is 0.712. The largest absolute Gasteiger partial charge is 0.370 e. The van der Waals surface area contributed by atoms with Crippen LogP contribution in [0.15, 0.2) is 6.07 Å². The van der Waals surface area contributed by atoms with Gasteiger partial charge in [0.25, 0.3) is 0 Å². The van der Waals surface area contributed by atoms with Crippen molar-refractivity contribution >= 4 is 17.4 Å². The van der Waals surface area contributed by atoms with Gasteiger partial charge in [-0.15, -0.1) is 0 Å². The Morgan fingerprint density at radius 2 is 2.38 bits per heavy atom. The molecule has 0 bridgehead atoms. The molecule has 1 aromatic heterocycles. The third-order valence-corrected chi connectivity index (χ3v) is 1.92. The lowest BCUT2D eigenvalue weighted by Crippen LogP contribution is -2.01. The highest BCUT2D eigenvalue weighted by Gasteiger charge is 2.06. The highest BCUT2D eigenvalue weighted by molar-refractivity contribution is 6.30. The molecule has 1 rings (SSSR count). The normalized spacial score (nSPS) is 9.38. The Morgan fingerprint density at radius 3 is 2.85 bits per heavy atom. The second-order valence-corrected chi connectivity index (χ2v) is 2.99. The zero-order chi connectivity index (χ0) is 9.84. The molecule has 1 heterocycles. The van der Waals surface area contributed by atoms with E-state index in [9.17, 15) is 0 Å². The molecule has 0 aliphatic heterocycles. The topological polar surface area (TPSA) is 48.7 Å². The van der Waals surface area contributed by atoms with Crippen LogP contribution in [0, 0.1) is 18.3 Å². The Bertz CT molecular complexity index is 331. The van der Waals surface area contributed by atoms with Crippen LogP contribution in [0.1, 0.15) is 18.1 Å². The number of hydrogen-bond donors (Lipinski definition) is 1. The summed E-state index contributed by atoms with van der Waals surface area (Å²) in [5, 5.41) is 12.0. The minimum atomic E-state index is 0.262. The van der Waals surface area contributed by atoms with E-state index in [4.69, 9.17) is 16.9 Å². The van der Waals surface area contributed by atoms with Crippen LogP contribution in [-0.2, 0) is 0 Å². The van der Waals surface area contributed by atoms with Crippen molar-refractivity contribution in [2.45, 2.75) is 13.8 Å². The second-order valence-electron chi connectivity index (χ2n) is 2.63. The maximum absolute atomic E-state index is 8.73. The van der Waals surface area contributed by atoms with Crippen LogP contribution in [0.2, 0.25) is 5.15 Å². The van der Waals surface area contributed by atoms with Gasteiger partial charge < -0.3 is 5.32 Å². The van der Waals surface area contributed by atoms with Gasteiger partial charge in [-0.1, -0.05) is 11.6 Å². The van der Waals surface area contributed by atoms with E-state index in [1.165, 1.54) is 0 Å². The van der Waals surface area contributed by atoms with Crippen LogP contribution >= 0.6 is 11.6 Å². The standard InChI is InChI=1S/C9H10ClN3/c1-3-12-8-4-6(2)7(5-11)9(10)13-8/h4H,3H2,1-2H3,(H,12,13). The summed E-state index contributed by atoms with van der Waals surface area (Å²) in [6.45, 7) is 4.60. The van der Waals surface area contributed by atoms with Crippen molar-refractivity contribution in [1.82, 2.24) is 4.98 Å². The number of nitriles is 1. The number of hydrogen-bond acceptors (Lipinski definition) is 3. The van der Waals surface area contributed by atoms with E-state index in [1.54, 1.807) is 0 Å². The first-order valence-corrected chi connectivity index (χ1v) is 4.38. The van der Waals surface area contributed by atoms with Gasteiger partial charge in [-0.25, -0.2) is 4.98 Å². The number of nitrogens with one attached hydrogen (secondary N) is 1. The molecule has 0 aliphatic carbocycles. The molecule has 0 saturated heterocycles. The molecule has 0 saturated carbocycles. The van der Waals surface area contributed by atoms with Gasteiger partial charge in [0.05, 0.1) is 5.56 Å². The summed E-state index contributed by atoms with van der Waals surface area (Å²) in [6.07, 6.45) is 0. The van der Waals surface area contributed by atoms with E-state index in [2.05, 4.69) is 10.3 Å². The quantitative estimate of drug-likeness (QED) is 0.737. The van der Waals surface area contributed by atoms with Crippen LogP contribution in [0.5, 0.6) is 0 Å². The molecule has 3 nitrogen and oxygen atoms in total. The van der Waals surface area contributed by atoms with Crippen molar-refractivity contribution in [2.24, 2.45) is 0 Å². The van der Waals surface area contributed by atoms with Crippen molar-refractivity contribution in [3.63, 3.8) is 0 Å². The summed E-state index contributed by atoms with van der Waals surface area (Å²) in [4.78, 5) is 4.03. The molecule has 68 valence electrons. The van der Waals surface area contributed by atoms with E-state index >= 15 is 0 Å². The minimum absolute atomic E-state index is 0.262. The first-order valence-electron chi connectivity index (χ1n) is 4.00. The van der Waals surface area contributed by atoms with Crippen LogP contribution in [0.4, 0.5) is 5.82 Å². The highest BCUT2D eigenvalue weighted by atomic mass is 35.5. The van der Waals surface area contributed by atoms with Crippen molar-refractivity contribution in [2.75, 3.05) is 11.9 Å². The zero-order valence-electron chi connectivity index (χ0n) is 7.56. The molecular formula is C9H10ClN3. The Labute approximate surface area is 82.4 Å². The third kappa shape index (κ3) is 2.10. The number of aromatic nitrogens is 1. The van der Waals surface area contributed by atoms with E-state index < -0.39 is 0 Å². The number of anilines is 1. The number of pyridine rings is 1. The van der Waals surface area contributed by atoms with Gasteiger partial charge in [-0.3, -0.25) is 0 Å². The van der Waals surface area contributed by atoms with Crippen LogP contribution in [0.3, 0.4) is 0 Å². The second kappa shape index (κ2) is 4.11. The smallest absolute Gasteiger partial charge is 0.149 e. The van der Waals surface area contributed by atoms with Crippen molar-refractivity contribution < 1.29 is 0 Å². The van der Waals surface area contributed by atoms with Crippen molar-refractivity contribution in [1.29, 1.82) is 5.26 Å². The molecule has 0 radical (unpaired) electrons. The lowest BCUT2D eigenvalue weighted by molar-refractivity contribution is 1.14. The molecule has 0 spiro atoms. The summed E-state index contributed by atoms with van der Waals surface area (Å²) in [5.41, 5.74) is 1.29. The fourth-order valence-electron chi connectivity index (χ4n) is 1.04. The van der Waals surface area contributed by atoms with Crippen LogP contribution in [-0.4, -0.2) is 11.5 Å². The van der Waals surface area contributed by atoms with Crippen molar-refractivity contribution in [3.8, 4) is 6.07 Å². The molecule has 0 unspecified atom stereocenters. The number of aryl methyl sites for hydroxylation is 1. The fourth-order valence-corrected chi connectivity index (χ4v) is 1.32. The van der Waals surface area contributed by atoms with Crippen molar-refractivity contribution in [3.05, 3.63) is 22.3 Å². The molecule has 0 atom stereocenters. The van der Waals surface area contributed by atoms with Gasteiger partial charge in [0.1, 0.15) is 17.0 Å². The minimum Gasteiger partial charge on any atom is -0.370 e. The zero-order valence-corrected chi connectivity index (χ0v) is 8.31. The summed E-state index contributed by atoms with van der Waals surface area (Å²) in [6, 6.07) is 3.82. The molecule has 13 heavy (non-hydrogen) atoms. The van der Waals surface area contributed by atoms with Gasteiger partial charge in [0.15, 0.2) is 0 Å². The lowest BCUT2D eigenvalue weighted by Gasteiger charge is -2.05. The molecule has 0 aromatic carbocycles. The average molecular weight is 196 g/mol. The predicted octanol–water partition coefficient (Wildman–Crippen LogP) is 2.35. The molecular weight excluding hydrogens is 186 g/mol. The SMILES string of the molecule is CCNc1cc(C)c(C#N)c(Cl)n1. The lowest BCUT2D eigenvalue weighted by atomic mass is 10.2. The van der Waals surface area contributed by atoms with E-state index in [1.807, 2.05) is 26.0 Å². The first kappa shape index (κ1) is 9.82. The number of rotatable bonds is 2. The first-order chi connectivity index (χ1) is 6.19. The summed E-state index contributed by atoms with van der Waals surface area (Å²) in [7, 11) is 0.